The van der Waals surface area contributed by atoms with Crippen LogP contribution in [0.2, 0.25) is 5.02 Å². The molecule has 0 bridgehead atoms. The molecule has 1 aliphatic heterocycles. The molecule has 0 N–H and O–H groups in total. The molecule has 1 fully saturated rings. The summed E-state index contributed by atoms with van der Waals surface area (Å²) < 4.78 is 0. The summed E-state index contributed by atoms with van der Waals surface area (Å²) in [7, 11) is 0. The van der Waals surface area contributed by atoms with Crippen molar-refractivity contribution in [3.05, 3.63) is 59.1 Å². The van der Waals surface area contributed by atoms with Gasteiger partial charge >= 0.3 is 0 Å². The highest BCUT2D eigenvalue weighted by Gasteiger charge is 2.24. The molecule has 0 aliphatic carbocycles. The molecule has 1 saturated heterocycles. The number of benzene rings is 1. The van der Waals surface area contributed by atoms with Gasteiger partial charge in [-0.25, -0.2) is 9.97 Å². The third kappa shape index (κ3) is 3.08. The molecule has 0 atom stereocenters. The van der Waals surface area contributed by atoms with E-state index in [1.807, 2.05) is 30.0 Å². The molecule has 0 unspecified atom stereocenters. The van der Waals surface area contributed by atoms with Crippen LogP contribution in [0.4, 0.5) is 5.82 Å². The van der Waals surface area contributed by atoms with Gasteiger partial charge in [0.15, 0.2) is 0 Å². The fourth-order valence-corrected chi connectivity index (χ4v) is 3.45. The molecule has 1 amide bonds. The number of aryl methyl sites for hydroxylation is 1. The van der Waals surface area contributed by atoms with Gasteiger partial charge in [0.25, 0.3) is 5.91 Å². The van der Waals surface area contributed by atoms with Crippen LogP contribution in [0.25, 0.3) is 10.9 Å². The van der Waals surface area contributed by atoms with E-state index in [1.165, 1.54) is 0 Å². The van der Waals surface area contributed by atoms with Gasteiger partial charge in [-0.1, -0.05) is 11.6 Å². The summed E-state index contributed by atoms with van der Waals surface area (Å²) in [6, 6.07) is 9.14. The average molecular weight is 368 g/mol. The quantitative estimate of drug-likeness (QED) is 0.696. The van der Waals surface area contributed by atoms with Crippen molar-refractivity contribution in [2.24, 2.45) is 0 Å². The van der Waals surface area contributed by atoms with E-state index in [-0.39, 0.29) is 5.91 Å². The van der Waals surface area contributed by atoms with E-state index < -0.39 is 0 Å². The number of rotatable bonds is 2. The number of aromatic nitrogens is 3. The first kappa shape index (κ1) is 16.7. The maximum Gasteiger partial charge on any atom is 0.256 e. The molecule has 0 saturated carbocycles. The highest BCUT2D eigenvalue weighted by Crippen LogP contribution is 2.26. The Hall–Kier alpha value is -2.73. The first-order valence-corrected chi connectivity index (χ1v) is 8.88. The molecule has 1 aliphatic rings. The van der Waals surface area contributed by atoms with Gasteiger partial charge in [-0.15, -0.1) is 0 Å². The number of piperazine rings is 1. The summed E-state index contributed by atoms with van der Waals surface area (Å²) in [6.07, 6.45) is 3.45. The van der Waals surface area contributed by atoms with E-state index >= 15 is 0 Å². The second-order valence-electron chi connectivity index (χ2n) is 6.24. The van der Waals surface area contributed by atoms with Crippen molar-refractivity contribution >= 4 is 34.2 Å². The lowest BCUT2D eigenvalue weighted by atomic mass is 10.1. The standard InChI is InChI=1S/C19H18ClN5O/c1-13-21-8-6-17(23-13)24-9-11-25(12-10-24)19(26)15-4-5-16(20)14-3-2-7-22-18(14)15/h2-8H,9-12H2,1H3. The minimum Gasteiger partial charge on any atom is -0.353 e. The Labute approximate surface area is 156 Å². The summed E-state index contributed by atoms with van der Waals surface area (Å²) >= 11 is 6.24. The Kier molecular flexibility index (Phi) is 4.42. The van der Waals surface area contributed by atoms with Crippen LogP contribution < -0.4 is 4.90 Å². The van der Waals surface area contributed by atoms with Crippen molar-refractivity contribution in [2.45, 2.75) is 6.92 Å². The fraction of sp³-hybridized carbons (Fsp3) is 0.263. The third-order valence-corrected chi connectivity index (χ3v) is 4.93. The Morgan fingerprint density at radius 1 is 1.04 bits per heavy atom. The van der Waals surface area contributed by atoms with Crippen molar-refractivity contribution < 1.29 is 4.79 Å². The number of anilines is 1. The maximum atomic E-state index is 13.0. The Morgan fingerprint density at radius 3 is 2.62 bits per heavy atom. The minimum atomic E-state index is -0.0103. The second-order valence-corrected chi connectivity index (χ2v) is 6.64. The Balaban J connectivity index is 1.53. The van der Waals surface area contributed by atoms with E-state index in [9.17, 15) is 4.79 Å². The van der Waals surface area contributed by atoms with Crippen LogP contribution in [-0.2, 0) is 0 Å². The molecule has 4 rings (SSSR count). The minimum absolute atomic E-state index is 0.0103. The van der Waals surface area contributed by atoms with Crippen LogP contribution in [0.1, 0.15) is 16.2 Å². The number of carbonyl (C=O) groups excluding carboxylic acids is 1. The number of pyridine rings is 1. The van der Waals surface area contributed by atoms with Gasteiger partial charge in [0, 0.05) is 44.0 Å². The normalized spacial score (nSPS) is 14.7. The van der Waals surface area contributed by atoms with Gasteiger partial charge in [-0.05, 0) is 37.3 Å². The summed E-state index contributed by atoms with van der Waals surface area (Å²) in [5.74, 6) is 1.65. The van der Waals surface area contributed by atoms with Crippen LogP contribution in [-0.4, -0.2) is 51.9 Å². The number of hydrogen-bond donors (Lipinski definition) is 0. The summed E-state index contributed by atoms with van der Waals surface area (Å²) in [6.45, 7) is 4.63. The van der Waals surface area contributed by atoms with Gasteiger partial charge in [0.1, 0.15) is 11.6 Å². The molecule has 0 radical (unpaired) electrons. The smallest absolute Gasteiger partial charge is 0.256 e. The number of hydrogen-bond acceptors (Lipinski definition) is 5. The molecule has 3 aromatic rings. The molecule has 1 aromatic carbocycles. The van der Waals surface area contributed by atoms with E-state index in [4.69, 9.17) is 11.6 Å². The van der Waals surface area contributed by atoms with Crippen LogP contribution in [0.15, 0.2) is 42.7 Å². The molecule has 3 heterocycles. The molecule has 6 nitrogen and oxygen atoms in total. The molecule has 26 heavy (non-hydrogen) atoms. The zero-order valence-electron chi connectivity index (χ0n) is 14.4. The number of fused-ring (bicyclic) bond motifs is 1. The van der Waals surface area contributed by atoms with Gasteiger partial charge in [-0.3, -0.25) is 9.78 Å². The van der Waals surface area contributed by atoms with Crippen molar-refractivity contribution in [3.63, 3.8) is 0 Å². The highest BCUT2D eigenvalue weighted by molar-refractivity contribution is 6.36. The molecule has 0 spiro atoms. The van der Waals surface area contributed by atoms with E-state index in [2.05, 4.69) is 19.9 Å². The van der Waals surface area contributed by atoms with Crippen LogP contribution in [0, 0.1) is 6.92 Å². The van der Waals surface area contributed by atoms with E-state index in [0.29, 0.717) is 29.2 Å². The van der Waals surface area contributed by atoms with Crippen LogP contribution in [0.5, 0.6) is 0 Å². The molecule has 132 valence electrons. The van der Waals surface area contributed by atoms with Crippen molar-refractivity contribution in [1.82, 2.24) is 19.9 Å². The SMILES string of the molecule is Cc1nccc(N2CCN(C(=O)c3ccc(Cl)c4cccnc34)CC2)n1. The van der Waals surface area contributed by atoms with Gasteiger partial charge < -0.3 is 9.80 Å². The Morgan fingerprint density at radius 2 is 1.85 bits per heavy atom. The predicted octanol–water partition coefficient (Wildman–Crippen LogP) is 2.95. The van der Waals surface area contributed by atoms with E-state index in [1.54, 1.807) is 24.5 Å². The summed E-state index contributed by atoms with van der Waals surface area (Å²) in [4.78, 5) is 30.0. The number of carbonyl (C=O) groups is 1. The molecule has 2 aromatic heterocycles. The van der Waals surface area contributed by atoms with Gasteiger partial charge in [0.2, 0.25) is 0 Å². The zero-order valence-corrected chi connectivity index (χ0v) is 15.1. The summed E-state index contributed by atoms with van der Waals surface area (Å²) in [5, 5.41) is 1.41. The van der Waals surface area contributed by atoms with Crippen molar-refractivity contribution in [2.75, 3.05) is 31.1 Å². The molecule has 7 heteroatoms. The van der Waals surface area contributed by atoms with Gasteiger partial charge in [0.05, 0.1) is 16.1 Å². The van der Waals surface area contributed by atoms with Gasteiger partial charge in [-0.2, -0.15) is 0 Å². The first-order chi connectivity index (χ1) is 12.6. The predicted molar refractivity (Wildman–Crippen MR) is 102 cm³/mol. The first-order valence-electron chi connectivity index (χ1n) is 8.50. The average Bonchev–Trinajstić information content (AvgIpc) is 2.68. The van der Waals surface area contributed by atoms with Crippen LogP contribution in [0.3, 0.4) is 0 Å². The van der Waals surface area contributed by atoms with Crippen molar-refractivity contribution in [3.8, 4) is 0 Å². The monoisotopic (exact) mass is 367 g/mol. The summed E-state index contributed by atoms with van der Waals surface area (Å²) in [5.41, 5.74) is 1.25. The zero-order chi connectivity index (χ0) is 18.1. The Bertz CT molecular complexity index is 969. The van der Waals surface area contributed by atoms with E-state index in [0.717, 1.165) is 30.1 Å². The van der Waals surface area contributed by atoms with Crippen LogP contribution >= 0.6 is 11.6 Å². The topological polar surface area (TPSA) is 62.2 Å². The maximum absolute atomic E-state index is 13.0. The van der Waals surface area contributed by atoms with Crippen molar-refractivity contribution in [1.29, 1.82) is 0 Å². The lowest BCUT2D eigenvalue weighted by molar-refractivity contribution is 0.0748. The number of halogens is 1. The fourth-order valence-electron chi connectivity index (χ4n) is 3.24. The lowest BCUT2D eigenvalue weighted by Gasteiger charge is -2.35. The number of amides is 1. The molecular formula is C19H18ClN5O. The number of nitrogens with zero attached hydrogens (tertiary/aromatic N) is 5. The molecular weight excluding hydrogens is 350 g/mol. The largest absolute Gasteiger partial charge is 0.353 e. The second kappa shape index (κ2) is 6.88. The lowest BCUT2D eigenvalue weighted by Crippen LogP contribution is -2.49. The highest BCUT2D eigenvalue weighted by atomic mass is 35.5. The third-order valence-electron chi connectivity index (χ3n) is 4.60.